The molecule has 0 aliphatic rings. The van der Waals surface area contributed by atoms with Crippen LogP contribution in [0, 0.1) is 0 Å². The number of ether oxygens (including phenoxy) is 2. The Kier molecular flexibility index (Phi) is 3.94. The molecule has 0 bridgehead atoms. The van der Waals surface area contributed by atoms with Gasteiger partial charge >= 0.3 is 5.97 Å². The van der Waals surface area contributed by atoms with Gasteiger partial charge in [-0.25, -0.2) is 4.79 Å². The number of carbonyl (C=O) groups excluding carboxylic acids is 1. The van der Waals surface area contributed by atoms with E-state index in [0.29, 0.717) is 17.0 Å². The molecule has 2 N–H and O–H groups in total. The Balaban J connectivity index is 2.51. The second-order valence-corrected chi connectivity index (χ2v) is 3.44. The molecule has 4 nitrogen and oxygen atoms in total. The molecule has 1 atom stereocenters. The van der Waals surface area contributed by atoms with Crippen molar-refractivity contribution in [3.8, 4) is 5.75 Å². The molecule has 0 aromatic heterocycles. The lowest BCUT2D eigenvalue weighted by Gasteiger charge is -2.15. The molecule has 0 heterocycles. The van der Waals surface area contributed by atoms with E-state index in [0.717, 1.165) is 0 Å². The minimum Gasteiger partial charge on any atom is -0.455 e. The third-order valence-corrected chi connectivity index (χ3v) is 1.80. The number of benzene rings is 1. The first-order valence-corrected chi connectivity index (χ1v) is 4.87. The predicted octanol–water partition coefficient (Wildman–Crippen LogP) is 2.11. The summed E-state index contributed by atoms with van der Waals surface area (Å²) in [5.41, 5.74) is 6.52. The summed E-state index contributed by atoms with van der Waals surface area (Å²) in [5, 5.41) is 0. The lowest BCUT2D eigenvalue weighted by molar-refractivity contribution is -0.156. The van der Waals surface area contributed by atoms with Gasteiger partial charge in [-0.3, -0.25) is 0 Å². The lowest BCUT2D eigenvalue weighted by Crippen LogP contribution is -2.21. The minimum absolute atomic E-state index is 0.341. The molecule has 1 aromatic rings. The topological polar surface area (TPSA) is 61.5 Å². The summed E-state index contributed by atoms with van der Waals surface area (Å²) >= 11 is 0. The van der Waals surface area contributed by atoms with E-state index in [1.165, 1.54) is 0 Å². The zero-order valence-corrected chi connectivity index (χ0v) is 9.40. The van der Waals surface area contributed by atoms with E-state index in [2.05, 4.69) is 6.58 Å². The summed E-state index contributed by atoms with van der Waals surface area (Å²) in [6, 6.07) is 6.84. The van der Waals surface area contributed by atoms with E-state index >= 15 is 0 Å². The number of rotatable bonds is 4. The fourth-order valence-electron chi connectivity index (χ4n) is 1.01. The molecule has 86 valence electrons. The first-order chi connectivity index (χ1) is 7.49. The number of hydrogen-bond acceptors (Lipinski definition) is 4. The number of hydrogen-bond donors (Lipinski definition) is 1. The summed E-state index contributed by atoms with van der Waals surface area (Å²) in [4.78, 5) is 11.2. The van der Waals surface area contributed by atoms with Gasteiger partial charge in [0.1, 0.15) is 5.75 Å². The molecule has 0 aliphatic carbocycles. The van der Waals surface area contributed by atoms with Crippen molar-refractivity contribution in [3.05, 3.63) is 36.4 Å². The van der Waals surface area contributed by atoms with Crippen LogP contribution in [0.15, 0.2) is 36.4 Å². The van der Waals surface area contributed by atoms with Gasteiger partial charge in [-0.05, 0) is 31.2 Å². The lowest BCUT2D eigenvalue weighted by atomic mass is 10.3. The Hall–Kier alpha value is -1.97. The fourth-order valence-corrected chi connectivity index (χ4v) is 1.01. The minimum atomic E-state index is -0.659. The Morgan fingerprint density at radius 2 is 1.94 bits per heavy atom. The Morgan fingerprint density at radius 3 is 2.44 bits per heavy atom. The Morgan fingerprint density at radius 1 is 1.38 bits per heavy atom. The highest BCUT2D eigenvalue weighted by molar-refractivity contribution is 5.86. The standard InChI is InChI=1S/C12H15NO3/c1-8(2)12(14)16-9(3)15-11-6-4-10(13)5-7-11/h4-7,9H,1,13H2,2-3H3. The highest BCUT2D eigenvalue weighted by atomic mass is 16.7. The normalized spacial score (nSPS) is 11.6. The van der Waals surface area contributed by atoms with Gasteiger partial charge in [0.15, 0.2) is 0 Å². The maximum atomic E-state index is 11.2. The van der Waals surface area contributed by atoms with Crippen molar-refractivity contribution in [1.82, 2.24) is 0 Å². The Bertz CT molecular complexity index is 384. The molecule has 0 amide bonds. The van der Waals surface area contributed by atoms with Crippen LogP contribution in [0.3, 0.4) is 0 Å². The van der Waals surface area contributed by atoms with Crippen molar-refractivity contribution in [2.45, 2.75) is 20.1 Å². The molecule has 0 spiro atoms. The number of nitrogen functional groups attached to an aromatic ring is 1. The van der Waals surface area contributed by atoms with Crippen molar-refractivity contribution >= 4 is 11.7 Å². The van der Waals surface area contributed by atoms with Gasteiger partial charge in [-0.15, -0.1) is 0 Å². The summed E-state index contributed by atoms with van der Waals surface area (Å²) in [6.45, 7) is 6.70. The largest absolute Gasteiger partial charge is 0.455 e. The third-order valence-electron chi connectivity index (χ3n) is 1.80. The average molecular weight is 221 g/mol. The van der Waals surface area contributed by atoms with Crippen LogP contribution in [0.2, 0.25) is 0 Å². The zero-order valence-electron chi connectivity index (χ0n) is 9.40. The van der Waals surface area contributed by atoms with Crippen LogP contribution in [0.4, 0.5) is 5.69 Å². The van der Waals surface area contributed by atoms with Gasteiger partial charge in [0, 0.05) is 18.2 Å². The molecule has 0 aliphatic heterocycles. The van der Waals surface area contributed by atoms with Crippen molar-refractivity contribution < 1.29 is 14.3 Å². The molecule has 1 rings (SSSR count). The maximum Gasteiger partial charge on any atom is 0.336 e. The molecule has 0 saturated carbocycles. The van der Waals surface area contributed by atoms with Crippen LogP contribution < -0.4 is 10.5 Å². The smallest absolute Gasteiger partial charge is 0.336 e. The first-order valence-electron chi connectivity index (χ1n) is 4.87. The predicted molar refractivity (Wildman–Crippen MR) is 61.9 cm³/mol. The number of carbonyl (C=O) groups is 1. The first kappa shape index (κ1) is 12.1. The van der Waals surface area contributed by atoms with Gasteiger partial charge in [-0.1, -0.05) is 6.58 Å². The molecular formula is C12H15NO3. The number of nitrogens with two attached hydrogens (primary N) is 1. The van der Waals surface area contributed by atoms with Crippen molar-refractivity contribution in [3.63, 3.8) is 0 Å². The average Bonchev–Trinajstić information content (AvgIpc) is 2.21. The van der Waals surface area contributed by atoms with Gasteiger partial charge < -0.3 is 15.2 Å². The van der Waals surface area contributed by atoms with E-state index < -0.39 is 12.3 Å². The van der Waals surface area contributed by atoms with Crippen LogP contribution in [0.25, 0.3) is 0 Å². The SMILES string of the molecule is C=C(C)C(=O)OC(C)Oc1ccc(N)cc1. The highest BCUT2D eigenvalue weighted by Crippen LogP contribution is 2.15. The molecule has 4 heteroatoms. The van der Waals surface area contributed by atoms with E-state index in [4.69, 9.17) is 15.2 Å². The molecular weight excluding hydrogens is 206 g/mol. The highest BCUT2D eigenvalue weighted by Gasteiger charge is 2.10. The van der Waals surface area contributed by atoms with Gasteiger partial charge in [0.2, 0.25) is 6.29 Å². The van der Waals surface area contributed by atoms with E-state index in [1.54, 1.807) is 38.1 Å². The molecule has 0 radical (unpaired) electrons. The summed E-state index contributed by atoms with van der Waals surface area (Å²) in [6.07, 6.45) is -0.659. The molecule has 0 saturated heterocycles. The molecule has 0 fully saturated rings. The van der Waals surface area contributed by atoms with Crippen LogP contribution >= 0.6 is 0 Å². The van der Waals surface area contributed by atoms with E-state index in [1.807, 2.05) is 0 Å². The van der Waals surface area contributed by atoms with Gasteiger partial charge in [0.05, 0.1) is 0 Å². The summed E-state index contributed by atoms with van der Waals surface area (Å²) in [5.74, 6) is 0.124. The fraction of sp³-hybridized carbons (Fsp3) is 0.250. The monoisotopic (exact) mass is 221 g/mol. The van der Waals surface area contributed by atoms with Gasteiger partial charge in [0.25, 0.3) is 0 Å². The molecule has 16 heavy (non-hydrogen) atoms. The molecule has 1 unspecified atom stereocenters. The molecule has 1 aromatic carbocycles. The number of esters is 1. The van der Waals surface area contributed by atoms with Gasteiger partial charge in [-0.2, -0.15) is 0 Å². The van der Waals surface area contributed by atoms with Crippen molar-refractivity contribution in [2.24, 2.45) is 0 Å². The van der Waals surface area contributed by atoms with Crippen LogP contribution in [-0.4, -0.2) is 12.3 Å². The van der Waals surface area contributed by atoms with Crippen LogP contribution in [0.5, 0.6) is 5.75 Å². The summed E-state index contributed by atoms with van der Waals surface area (Å²) in [7, 11) is 0. The van der Waals surface area contributed by atoms with E-state index in [9.17, 15) is 4.79 Å². The van der Waals surface area contributed by atoms with E-state index in [-0.39, 0.29) is 0 Å². The third kappa shape index (κ3) is 3.65. The van der Waals surface area contributed by atoms with Crippen molar-refractivity contribution in [1.29, 1.82) is 0 Å². The quantitative estimate of drug-likeness (QED) is 0.366. The Labute approximate surface area is 94.7 Å². The summed E-state index contributed by atoms with van der Waals surface area (Å²) < 4.78 is 10.3. The van der Waals surface area contributed by atoms with Crippen LogP contribution in [0.1, 0.15) is 13.8 Å². The zero-order chi connectivity index (χ0) is 12.1. The maximum absolute atomic E-state index is 11.2. The second-order valence-electron chi connectivity index (χ2n) is 3.44. The van der Waals surface area contributed by atoms with Crippen LogP contribution in [-0.2, 0) is 9.53 Å². The number of anilines is 1. The van der Waals surface area contributed by atoms with Crippen molar-refractivity contribution in [2.75, 3.05) is 5.73 Å². The second kappa shape index (κ2) is 5.21.